The van der Waals surface area contributed by atoms with Crippen molar-refractivity contribution < 1.29 is 13.9 Å². The van der Waals surface area contributed by atoms with Crippen LogP contribution in [0.15, 0.2) is 41.4 Å². The second kappa shape index (κ2) is 6.70. The summed E-state index contributed by atoms with van der Waals surface area (Å²) in [5.74, 6) is -0.292. The van der Waals surface area contributed by atoms with Crippen LogP contribution in [0.25, 0.3) is 22.4 Å². The highest BCUT2D eigenvalue weighted by Crippen LogP contribution is 2.26. The van der Waals surface area contributed by atoms with E-state index < -0.39 is 5.82 Å². The highest BCUT2D eigenvalue weighted by molar-refractivity contribution is 7.78. The fourth-order valence-electron chi connectivity index (χ4n) is 2.34. The van der Waals surface area contributed by atoms with Crippen molar-refractivity contribution in [3.05, 3.63) is 47.8 Å². The number of carbonyl (C=O) groups is 1. The summed E-state index contributed by atoms with van der Waals surface area (Å²) in [5.41, 5.74) is 3.00. The number of H-pyrrole nitrogens is 1. The van der Waals surface area contributed by atoms with Gasteiger partial charge in [-0.15, -0.1) is 0 Å². The summed E-state index contributed by atoms with van der Waals surface area (Å²) in [7, 11) is 1.35. The molecule has 7 heteroatoms. The molecule has 0 radical (unpaired) electrons. The van der Waals surface area contributed by atoms with E-state index in [2.05, 4.69) is 37.1 Å². The van der Waals surface area contributed by atoms with Gasteiger partial charge < -0.3 is 9.72 Å². The maximum Gasteiger partial charge on any atom is 0.309 e. The molecule has 0 fully saturated rings. The van der Waals surface area contributed by atoms with Crippen molar-refractivity contribution in [3.63, 3.8) is 0 Å². The van der Waals surface area contributed by atoms with Gasteiger partial charge in [0, 0.05) is 5.56 Å². The molecule has 1 aromatic heterocycles. The van der Waals surface area contributed by atoms with Crippen LogP contribution in [0.4, 0.5) is 10.1 Å². The normalized spacial score (nSPS) is 10.4. The van der Waals surface area contributed by atoms with Crippen molar-refractivity contribution in [1.82, 2.24) is 9.97 Å². The first-order chi connectivity index (χ1) is 11.6. The zero-order chi connectivity index (χ0) is 17.1. The molecule has 0 atom stereocenters. The summed E-state index contributed by atoms with van der Waals surface area (Å²) in [6.07, 6.45) is 0.180. The second-order valence-electron chi connectivity index (χ2n) is 5.06. The number of hydrogen-bond donors (Lipinski definition) is 1. The number of nitrogens with zero attached hydrogens (tertiary/aromatic N) is 2. The third kappa shape index (κ3) is 3.22. The minimum atomic E-state index is -0.503. The molecule has 1 heterocycles. The van der Waals surface area contributed by atoms with Gasteiger partial charge in [-0.25, -0.2) is 9.37 Å². The van der Waals surface area contributed by atoms with Crippen molar-refractivity contribution in [3.8, 4) is 11.4 Å². The van der Waals surface area contributed by atoms with Gasteiger partial charge >= 0.3 is 5.97 Å². The first-order valence-corrected chi connectivity index (χ1v) is 7.45. The van der Waals surface area contributed by atoms with Crippen molar-refractivity contribution in [2.45, 2.75) is 6.42 Å². The minimum absolute atomic E-state index is 0.130. The van der Waals surface area contributed by atoms with E-state index in [9.17, 15) is 9.18 Å². The molecule has 0 saturated carbocycles. The first kappa shape index (κ1) is 16.0. The fraction of sp³-hybridized carbons (Fsp3) is 0.118. The lowest BCUT2D eigenvalue weighted by Gasteiger charge is -1.99. The van der Waals surface area contributed by atoms with Crippen LogP contribution in [0.2, 0.25) is 0 Å². The Morgan fingerprint density at radius 1 is 1.38 bits per heavy atom. The average molecular weight is 341 g/mol. The SMILES string of the molecule is COC(=O)Cc1ccc2nc(-c3ccc(N=C=S)c(F)c3)[nH]c2c1. The summed E-state index contributed by atoms with van der Waals surface area (Å²) < 4.78 is 18.6. The Morgan fingerprint density at radius 2 is 2.21 bits per heavy atom. The number of aliphatic imine (C=N–C) groups is 1. The number of esters is 1. The molecular formula is C17H12FN3O2S. The Balaban J connectivity index is 1.97. The van der Waals surface area contributed by atoms with Crippen molar-refractivity contribution in [2.75, 3.05) is 7.11 Å². The van der Waals surface area contributed by atoms with Crippen LogP contribution >= 0.6 is 12.2 Å². The van der Waals surface area contributed by atoms with Gasteiger partial charge in [0.15, 0.2) is 0 Å². The van der Waals surface area contributed by atoms with Crippen molar-refractivity contribution in [1.29, 1.82) is 0 Å². The van der Waals surface area contributed by atoms with Gasteiger partial charge in [-0.2, -0.15) is 4.99 Å². The zero-order valence-electron chi connectivity index (χ0n) is 12.7. The predicted molar refractivity (Wildman–Crippen MR) is 91.9 cm³/mol. The number of benzene rings is 2. The monoisotopic (exact) mass is 341 g/mol. The number of isothiocyanates is 1. The summed E-state index contributed by atoms with van der Waals surface area (Å²) in [6.45, 7) is 0. The molecule has 0 bridgehead atoms. The Bertz CT molecular complexity index is 977. The average Bonchev–Trinajstić information content (AvgIpc) is 3.00. The number of methoxy groups -OCH3 is 1. The molecular weight excluding hydrogens is 329 g/mol. The van der Waals surface area contributed by atoms with Crippen molar-refractivity contribution in [2.24, 2.45) is 4.99 Å². The Kier molecular flexibility index (Phi) is 4.46. The van der Waals surface area contributed by atoms with E-state index in [0.717, 1.165) is 16.6 Å². The summed E-state index contributed by atoms with van der Waals surface area (Å²) in [6, 6.07) is 9.97. The second-order valence-corrected chi connectivity index (χ2v) is 5.24. The van der Waals surface area contributed by atoms with Gasteiger partial charge in [-0.3, -0.25) is 4.79 Å². The zero-order valence-corrected chi connectivity index (χ0v) is 13.5. The lowest BCUT2D eigenvalue weighted by molar-refractivity contribution is -0.139. The largest absolute Gasteiger partial charge is 0.469 e. The highest BCUT2D eigenvalue weighted by atomic mass is 32.1. The van der Waals surface area contributed by atoms with Crippen LogP contribution in [0.1, 0.15) is 5.56 Å². The number of nitrogens with one attached hydrogen (secondary N) is 1. The summed E-state index contributed by atoms with van der Waals surface area (Å²) in [4.78, 5) is 22.6. The van der Waals surface area contributed by atoms with Crippen molar-refractivity contribution >= 4 is 40.1 Å². The van der Waals surface area contributed by atoms with E-state index in [1.807, 2.05) is 12.1 Å². The van der Waals surface area contributed by atoms with Gasteiger partial charge in [0.05, 0.1) is 29.7 Å². The molecule has 2 aromatic carbocycles. The molecule has 120 valence electrons. The molecule has 0 spiro atoms. The maximum absolute atomic E-state index is 14.0. The predicted octanol–water partition coefficient (Wildman–Crippen LogP) is 3.82. The van der Waals surface area contributed by atoms with Crippen LogP contribution < -0.4 is 0 Å². The van der Waals surface area contributed by atoms with E-state index in [1.54, 1.807) is 12.1 Å². The highest BCUT2D eigenvalue weighted by Gasteiger charge is 2.10. The van der Waals surface area contributed by atoms with E-state index >= 15 is 0 Å². The number of fused-ring (bicyclic) bond motifs is 1. The molecule has 0 saturated heterocycles. The van der Waals surface area contributed by atoms with Crippen LogP contribution in [0.5, 0.6) is 0 Å². The third-order valence-corrected chi connectivity index (χ3v) is 3.60. The number of aromatic amines is 1. The molecule has 0 aliphatic carbocycles. The Hall–Kier alpha value is -2.89. The van der Waals surface area contributed by atoms with E-state index in [1.165, 1.54) is 19.2 Å². The standard InChI is InChI=1S/C17H12FN3O2S/c1-23-16(22)7-10-2-4-14-15(6-10)21-17(20-14)11-3-5-13(19-9-24)12(18)8-11/h2-6,8H,7H2,1H3,(H,20,21). The van der Waals surface area contributed by atoms with E-state index in [0.29, 0.717) is 11.4 Å². The minimum Gasteiger partial charge on any atom is -0.469 e. The van der Waals surface area contributed by atoms with Gasteiger partial charge in [0.1, 0.15) is 17.3 Å². The Morgan fingerprint density at radius 3 is 2.92 bits per heavy atom. The van der Waals surface area contributed by atoms with Crippen LogP contribution in [0, 0.1) is 5.82 Å². The van der Waals surface area contributed by atoms with Crippen LogP contribution in [-0.2, 0) is 16.0 Å². The topological polar surface area (TPSA) is 67.3 Å². The van der Waals surface area contributed by atoms with Gasteiger partial charge in [0.25, 0.3) is 0 Å². The summed E-state index contributed by atoms with van der Waals surface area (Å²) >= 11 is 4.48. The van der Waals surface area contributed by atoms with Crippen LogP contribution in [-0.4, -0.2) is 28.2 Å². The third-order valence-electron chi connectivity index (χ3n) is 3.51. The molecule has 24 heavy (non-hydrogen) atoms. The Labute approximate surface area is 142 Å². The maximum atomic E-state index is 14.0. The number of halogens is 1. The lowest BCUT2D eigenvalue weighted by atomic mass is 10.1. The molecule has 0 amide bonds. The molecule has 3 aromatic rings. The number of hydrogen-bond acceptors (Lipinski definition) is 5. The first-order valence-electron chi connectivity index (χ1n) is 7.04. The number of rotatable bonds is 4. The summed E-state index contributed by atoms with van der Waals surface area (Å²) in [5, 5.41) is 2.14. The van der Waals surface area contributed by atoms with Gasteiger partial charge in [-0.1, -0.05) is 6.07 Å². The number of aromatic nitrogens is 2. The molecule has 1 N–H and O–H groups in total. The smallest absolute Gasteiger partial charge is 0.309 e. The van der Waals surface area contributed by atoms with Gasteiger partial charge in [0.2, 0.25) is 0 Å². The number of thiocarbonyl (C=S) groups is 1. The molecule has 0 unspecified atom stereocenters. The molecule has 0 aliphatic rings. The molecule has 3 rings (SSSR count). The molecule has 5 nitrogen and oxygen atoms in total. The lowest BCUT2D eigenvalue weighted by Crippen LogP contribution is -2.04. The molecule has 0 aliphatic heterocycles. The van der Waals surface area contributed by atoms with E-state index in [4.69, 9.17) is 0 Å². The quantitative estimate of drug-likeness (QED) is 0.445. The fourth-order valence-corrected chi connectivity index (χ4v) is 2.43. The number of ether oxygens (including phenoxy) is 1. The number of carbonyl (C=O) groups excluding carboxylic acids is 1. The van der Waals surface area contributed by atoms with E-state index in [-0.39, 0.29) is 18.1 Å². The van der Waals surface area contributed by atoms with Crippen LogP contribution in [0.3, 0.4) is 0 Å². The number of imidazole rings is 1. The van der Waals surface area contributed by atoms with Gasteiger partial charge in [-0.05, 0) is 48.1 Å².